The van der Waals surface area contributed by atoms with Crippen LogP contribution in [0, 0.1) is 11.3 Å². The zero-order valence-electron chi connectivity index (χ0n) is 9.95. The van der Waals surface area contributed by atoms with E-state index >= 15 is 0 Å². The molecule has 5 heteroatoms. The SMILES string of the molecule is CCOS(=O)(=O)[C@@]12CC[C@@H](CC1=O)C2(C)C. The van der Waals surface area contributed by atoms with E-state index in [1.165, 1.54) is 0 Å². The lowest BCUT2D eigenvalue weighted by Gasteiger charge is -2.34. The van der Waals surface area contributed by atoms with E-state index < -0.39 is 20.3 Å². The molecule has 0 saturated heterocycles. The standard InChI is InChI=1S/C11H18O4S/c1-4-15-16(13,14)11-6-5-8(7-9(11)12)10(11,2)3/h8H,4-7H2,1-3H3/t8-,11-/m0/s1. The van der Waals surface area contributed by atoms with Crippen LogP contribution in [-0.4, -0.2) is 25.6 Å². The Hall–Kier alpha value is -0.420. The molecule has 0 amide bonds. The van der Waals surface area contributed by atoms with Gasteiger partial charge in [-0.15, -0.1) is 0 Å². The van der Waals surface area contributed by atoms with Gasteiger partial charge in [0.15, 0.2) is 10.5 Å². The fourth-order valence-electron chi connectivity index (χ4n) is 3.48. The lowest BCUT2D eigenvalue weighted by atomic mass is 9.81. The zero-order chi connectivity index (χ0) is 12.2. The molecule has 0 heterocycles. The van der Waals surface area contributed by atoms with Crippen LogP contribution < -0.4 is 0 Å². The number of hydrogen-bond donors (Lipinski definition) is 0. The van der Waals surface area contributed by atoms with Crippen molar-refractivity contribution in [3.05, 3.63) is 0 Å². The van der Waals surface area contributed by atoms with Crippen molar-refractivity contribution in [3.63, 3.8) is 0 Å². The van der Waals surface area contributed by atoms with E-state index in [9.17, 15) is 13.2 Å². The molecule has 0 unspecified atom stereocenters. The molecule has 2 bridgehead atoms. The zero-order valence-corrected chi connectivity index (χ0v) is 10.8. The van der Waals surface area contributed by atoms with Crippen molar-refractivity contribution in [1.29, 1.82) is 0 Å². The number of ketones is 1. The van der Waals surface area contributed by atoms with Crippen molar-refractivity contribution >= 4 is 15.9 Å². The van der Waals surface area contributed by atoms with E-state index in [-0.39, 0.29) is 18.3 Å². The molecule has 0 N–H and O–H groups in total. The number of hydrogen-bond acceptors (Lipinski definition) is 4. The molecule has 2 saturated carbocycles. The molecule has 2 fully saturated rings. The molecule has 16 heavy (non-hydrogen) atoms. The van der Waals surface area contributed by atoms with Gasteiger partial charge in [0, 0.05) is 6.42 Å². The Bertz CT molecular complexity index is 423. The van der Waals surface area contributed by atoms with E-state index in [2.05, 4.69) is 0 Å². The van der Waals surface area contributed by atoms with Crippen LogP contribution in [-0.2, 0) is 19.1 Å². The van der Waals surface area contributed by atoms with Crippen LogP contribution in [0.5, 0.6) is 0 Å². The summed E-state index contributed by atoms with van der Waals surface area (Å²) in [6, 6.07) is 0. The van der Waals surface area contributed by atoms with Gasteiger partial charge < -0.3 is 0 Å². The molecule has 0 aromatic carbocycles. The van der Waals surface area contributed by atoms with Gasteiger partial charge in [0.25, 0.3) is 10.1 Å². The summed E-state index contributed by atoms with van der Waals surface area (Å²) < 4.78 is 28.0. The fourth-order valence-corrected chi connectivity index (χ4v) is 5.53. The van der Waals surface area contributed by atoms with E-state index in [0.717, 1.165) is 6.42 Å². The molecule has 2 aliphatic carbocycles. The molecule has 4 nitrogen and oxygen atoms in total. The van der Waals surface area contributed by atoms with Gasteiger partial charge in [0.1, 0.15) is 0 Å². The number of carbonyl (C=O) groups is 1. The third-order valence-corrected chi connectivity index (χ3v) is 6.85. The summed E-state index contributed by atoms with van der Waals surface area (Å²) in [5.74, 6) is 0.0393. The fraction of sp³-hybridized carbons (Fsp3) is 0.909. The molecule has 0 aromatic heterocycles. The molecule has 0 aromatic rings. The Balaban J connectivity index is 2.55. The second kappa shape index (κ2) is 3.29. The second-order valence-corrected chi connectivity index (χ2v) is 7.11. The molecular formula is C11H18O4S. The Kier molecular flexibility index (Phi) is 2.48. The Morgan fingerprint density at radius 3 is 2.44 bits per heavy atom. The molecule has 2 atom stereocenters. The Labute approximate surface area is 96.5 Å². The molecule has 0 aliphatic heterocycles. The van der Waals surface area contributed by atoms with Gasteiger partial charge >= 0.3 is 0 Å². The number of rotatable bonds is 3. The first-order valence-corrected chi connectivity index (χ1v) is 7.12. The maximum Gasteiger partial charge on any atom is 0.280 e. The highest BCUT2D eigenvalue weighted by molar-refractivity contribution is 7.89. The number of Topliss-reactive ketones (excluding diaryl/α,β-unsaturated/α-hetero) is 1. The minimum atomic E-state index is -3.79. The highest BCUT2D eigenvalue weighted by Crippen LogP contribution is 2.62. The van der Waals surface area contributed by atoms with Gasteiger partial charge in [-0.1, -0.05) is 13.8 Å². The van der Waals surface area contributed by atoms with E-state index in [1.807, 2.05) is 13.8 Å². The topological polar surface area (TPSA) is 60.4 Å². The van der Waals surface area contributed by atoms with Crippen molar-refractivity contribution in [2.75, 3.05) is 6.61 Å². The third kappa shape index (κ3) is 1.13. The van der Waals surface area contributed by atoms with Crippen LogP contribution in [0.3, 0.4) is 0 Å². The highest BCUT2D eigenvalue weighted by Gasteiger charge is 2.71. The van der Waals surface area contributed by atoms with E-state index in [0.29, 0.717) is 12.8 Å². The molecule has 0 spiro atoms. The molecular weight excluding hydrogens is 228 g/mol. The average molecular weight is 246 g/mol. The van der Waals surface area contributed by atoms with Crippen LogP contribution in [0.25, 0.3) is 0 Å². The van der Waals surface area contributed by atoms with Gasteiger partial charge in [0.2, 0.25) is 0 Å². The average Bonchev–Trinajstić information content (AvgIpc) is 2.50. The molecule has 2 aliphatic rings. The summed E-state index contributed by atoms with van der Waals surface area (Å²) in [5.41, 5.74) is -0.488. The lowest BCUT2D eigenvalue weighted by Crippen LogP contribution is -2.51. The highest BCUT2D eigenvalue weighted by atomic mass is 32.2. The van der Waals surface area contributed by atoms with Gasteiger partial charge in [-0.05, 0) is 31.1 Å². The van der Waals surface area contributed by atoms with Gasteiger partial charge in [-0.3, -0.25) is 8.98 Å². The first-order chi connectivity index (χ1) is 7.29. The predicted molar refractivity (Wildman–Crippen MR) is 59.4 cm³/mol. The smallest absolute Gasteiger partial charge is 0.280 e. The predicted octanol–water partition coefficient (Wildman–Crippen LogP) is 1.50. The summed E-state index contributed by atoms with van der Waals surface area (Å²) in [6.07, 6.45) is 1.62. The van der Waals surface area contributed by atoms with E-state index in [1.54, 1.807) is 6.92 Å². The van der Waals surface area contributed by atoms with E-state index in [4.69, 9.17) is 4.18 Å². The number of fused-ring (bicyclic) bond motifs is 2. The summed E-state index contributed by atoms with van der Waals surface area (Å²) in [7, 11) is -3.79. The normalized spacial score (nSPS) is 36.9. The maximum atomic E-state index is 12.2. The van der Waals surface area contributed by atoms with Crippen LogP contribution in [0.2, 0.25) is 0 Å². The van der Waals surface area contributed by atoms with Gasteiger partial charge in [-0.2, -0.15) is 8.42 Å². The summed E-state index contributed by atoms with van der Waals surface area (Å²) in [4.78, 5) is 12.0. The van der Waals surface area contributed by atoms with Crippen LogP contribution in [0.1, 0.15) is 40.0 Å². The monoisotopic (exact) mass is 246 g/mol. The maximum absolute atomic E-state index is 12.2. The second-order valence-electron chi connectivity index (χ2n) is 5.27. The van der Waals surface area contributed by atoms with Crippen LogP contribution in [0.4, 0.5) is 0 Å². The van der Waals surface area contributed by atoms with Crippen molar-refractivity contribution in [3.8, 4) is 0 Å². The molecule has 2 rings (SSSR count). The quantitative estimate of drug-likeness (QED) is 0.708. The van der Waals surface area contributed by atoms with Gasteiger partial charge in [0.05, 0.1) is 6.61 Å². The molecule has 0 radical (unpaired) electrons. The first kappa shape index (κ1) is 12.0. The van der Waals surface area contributed by atoms with Crippen LogP contribution in [0.15, 0.2) is 0 Å². The third-order valence-electron chi connectivity index (χ3n) is 4.49. The summed E-state index contributed by atoms with van der Waals surface area (Å²) >= 11 is 0. The van der Waals surface area contributed by atoms with Crippen molar-refractivity contribution in [1.82, 2.24) is 0 Å². The minimum Gasteiger partial charge on any atom is -0.298 e. The summed E-state index contributed by atoms with van der Waals surface area (Å²) in [5, 5.41) is 0. The van der Waals surface area contributed by atoms with Gasteiger partial charge in [-0.25, -0.2) is 0 Å². The minimum absolute atomic E-state index is 0.0953. The largest absolute Gasteiger partial charge is 0.298 e. The summed E-state index contributed by atoms with van der Waals surface area (Å²) in [6.45, 7) is 5.49. The first-order valence-electron chi connectivity index (χ1n) is 5.72. The van der Waals surface area contributed by atoms with Crippen molar-refractivity contribution in [2.24, 2.45) is 11.3 Å². The Morgan fingerprint density at radius 1 is 1.44 bits per heavy atom. The van der Waals surface area contributed by atoms with Crippen LogP contribution >= 0.6 is 0 Å². The Morgan fingerprint density at radius 2 is 2.06 bits per heavy atom. The number of carbonyl (C=O) groups excluding carboxylic acids is 1. The lowest BCUT2D eigenvalue weighted by molar-refractivity contribution is -0.121. The van der Waals surface area contributed by atoms with Crippen molar-refractivity contribution < 1.29 is 17.4 Å². The van der Waals surface area contributed by atoms with Crippen molar-refractivity contribution in [2.45, 2.75) is 44.8 Å². The molecule has 92 valence electrons.